The van der Waals surface area contributed by atoms with E-state index < -0.39 is 16.1 Å². The van der Waals surface area contributed by atoms with Gasteiger partial charge < -0.3 is 0 Å². The summed E-state index contributed by atoms with van der Waals surface area (Å²) in [6.07, 6.45) is 2.82. The van der Waals surface area contributed by atoms with Crippen molar-refractivity contribution in [2.24, 2.45) is 0 Å². The molecule has 0 saturated carbocycles. The van der Waals surface area contributed by atoms with Gasteiger partial charge in [-0.05, 0) is 23.9 Å². The number of nitrogens with zero attached hydrogens (tertiary/aromatic N) is 2. The molecule has 1 aromatic carbocycles. The summed E-state index contributed by atoms with van der Waals surface area (Å²) in [6.45, 7) is 3.59. The van der Waals surface area contributed by atoms with E-state index in [1.807, 2.05) is 0 Å². The van der Waals surface area contributed by atoms with E-state index in [2.05, 4.69) is 6.58 Å². The molecule has 0 aliphatic carbocycles. The Labute approximate surface area is 129 Å². The average molecular weight is 325 g/mol. The monoisotopic (exact) mass is 324 g/mol. The van der Waals surface area contributed by atoms with Gasteiger partial charge in [0.2, 0.25) is 0 Å². The highest BCUT2D eigenvalue weighted by molar-refractivity contribution is 8.18. The second-order valence-electron chi connectivity index (χ2n) is 4.04. The topological polar surface area (TPSA) is 80.5 Å². The van der Waals surface area contributed by atoms with Gasteiger partial charge in [0.05, 0.1) is 9.83 Å². The van der Waals surface area contributed by atoms with Crippen LogP contribution >= 0.6 is 23.4 Å². The predicted octanol–water partition coefficient (Wildman–Crippen LogP) is 3.47. The Morgan fingerprint density at radius 2 is 2.14 bits per heavy atom. The number of carbonyl (C=O) groups excluding carboxylic acids is 2. The Morgan fingerprint density at radius 3 is 2.76 bits per heavy atom. The molecule has 0 N–H and O–H groups in total. The first kappa shape index (κ1) is 15.3. The molecule has 2 rings (SSSR count). The Morgan fingerprint density at radius 1 is 1.43 bits per heavy atom. The lowest BCUT2D eigenvalue weighted by Crippen LogP contribution is -2.27. The van der Waals surface area contributed by atoms with Crippen LogP contribution in [-0.4, -0.2) is 27.5 Å². The molecule has 1 aromatic rings. The molecule has 1 aliphatic heterocycles. The molecule has 0 bridgehead atoms. The van der Waals surface area contributed by atoms with Crippen LogP contribution in [-0.2, 0) is 4.79 Å². The number of non-ortho nitro benzene ring substituents is 1. The maximum Gasteiger partial charge on any atom is 0.293 e. The Hall–Kier alpha value is -2.12. The summed E-state index contributed by atoms with van der Waals surface area (Å²) in [5.74, 6) is -0.465. The Kier molecular flexibility index (Phi) is 4.44. The fraction of sp³-hybridized carbons (Fsp3) is 0.0769. The zero-order valence-electron chi connectivity index (χ0n) is 10.6. The van der Waals surface area contributed by atoms with E-state index in [1.54, 1.807) is 0 Å². The van der Waals surface area contributed by atoms with Crippen LogP contribution in [0.4, 0.5) is 10.5 Å². The zero-order chi connectivity index (χ0) is 15.6. The third-order valence-electron chi connectivity index (χ3n) is 2.66. The van der Waals surface area contributed by atoms with Crippen LogP contribution in [0.15, 0.2) is 35.8 Å². The maximum absolute atomic E-state index is 12.0. The quantitative estimate of drug-likeness (QED) is 0.366. The maximum atomic E-state index is 12.0. The number of rotatable bonds is 4. The third-order valence-corrected chi connectivity index (χ3v) is 3.91. The minimum atomic E-state index is -0.558. The first-order valence-corrected chi connectivity index (χ1v) is 6.93. The minimum absolute atomic E-state index is 0.116. The van der Waals surface area contributed by atoms with Crippen LogP contribution in [0.3, 0.4) is 0 Å². The number of thioether (sulfide) groups is 1. The van der Waals surface area contributed by atoms with Gasteiger partial charge in [-0.3, -0.25) is 24.6 Å². The van der Waals surface area contributed by atoms with Crippen molar-refractivity contribution in [2.75, 3.05) is 6.54 Å². The highest BCUT2D eigenvalue weighted by Gasteiger charge is 2.34. The van der Waals surface area contributed by atoms with Gasteiger partial charge in [0.15, 0.2) is 0 Å². The number of nitro benzene ring substituents is 1. The summed E-state index contributed by atoms with van der Waals surface area (Å²) < 4.78 is 0. The van der Waals surface area contributed by atoms with Crippen molar-refractivity contribution in [2.45, 2.75) is 0 Å². The summed E-state index contributed by atoms with van der Waals surface area (Å²) in [5.41, 5.74) is 0.172. The molecule has 8 heteroatoms. The lowest BCUT2D eigenvalue weighted by Gasteiger charge is -2.07. The van der Waals surface area contributed by atoms with E-state index in [1.165, 1.54) is 30.4 Å². The first-order valence-electron chi connectivity index (χ1n) is 5.74. The molecule has 1 fully saturated rings. The molecule has 0 aromatic heterocycles. The molecule has 0 spiro atoms. The van der Waals surface area contributed by atoms with Gasteiger partial charge in [0.25, 0.3) is 16.8 Å². The molecule has 0 unspecified atom stereocenters. The van der Waals surface area contributed by atoms with Crippen LogP contribution in [0.2, 0.25) is 5.02 Å². The van der Waals surface area contributed by atoms with E-state index in [-0.39, 0.29) is 22.2 Å². The van der Waals surface area contributed by atoms with Crippen molar-refractivity contribution in [3.05, 3.63) is 56.5 Å². The van der Waals surface area contributed by atoms with Crippen LogP contribution in [0, 0.1) is 10.1 Å². The van der Waals surface area contributed by atoms with Gasteiger partial charge in [0, 0.05) is 29.3 Å². The van der Waals surface area contributed by atoms with Crippen molar-refractivity contribution in [1.29, 1.82) is 0 Å². The zero-order valence-corrected chi connectivity index (χ0v) is 12.2. The largest absolute Gasteiger partial charge is 0.293 e. The second kappa shape index (κ2) is 6.11. The minimum Gasteiger partial charge on any atom is -0.268 e. The summed E-state index contributed by atoms with van der Waals surface area (Å²) in [4.78, 5) is 35.1. The molecular weight excluding hydrogens is 316 g/mol. The standard InChI is InChI=1S/C13H9ClN2O4S/c1-2-5-15-12(17)11(21-13(15)18)7-8-6-9(16(19)20)3-4-10(8)14/h2-4,6-7H,1,5H2/b11-7+. The van der Waals surface area contributed by atoms with E-state index in [0.29, 0.717) is 5.56 Å². The van der Waals surface area contributed by atoms with E-state index >= 15 is 0 Å². The SMILES string of the molecule is C=CCN1C(=O)S/C(=C/c2cc([N+](=O)[O-])ccc2Cl)C1=O. The lowest BCUT2D eigenvalue weighted by molar-refractivity contribution is -0.384. The van der Waals surface area contributed by atoms with Crippen molar-refractivity contribution >= 4 is 46.3 Å². The van der Waals surface area contributed by atoms with Crippen LogP contribution in [0.5, 0.6) is 0 Å². The van der Waals surface area contributed by atoms with E-state index in [4.69, 9.17) is 11.6 Å². The predicted molar refractivity (Wildman–Crippen MR) is 81.0 cm³/mol. The normalized spacial score (nSPS) is 16.6. The molecule has 2 amide bonds. The van der Waals surface area contributed by atoms with Crippen molar-refractivity contribution < 1.29 is 14.5 Å². The molecule has 1 saturated heterocycles. The molecular formula is C13H9ClN2O4S. The van der Waals surface area contributed by atoms with Crippen LogP contribution in [0.25, 0.3) is 6.08 Å². The van der Waals surface area contributed by atoms with Crippen LogP contribution < -0.4 is 0 Å². The molecule has 1 heterocycles. The highest BCUT2D eigenvalue weighted by Crippen LogP contribution is 2.34. The number of amides is 2. The number of hydrogen-bond donors (Lipinski definition) is 0. The molecule has 6 nitrogen and oxygen atoms in total. The van der Waals surface area contributed by atoms with Gasteiger partial charge in [0.1, 0.15) is 0 Å². The first-order chi connectivity index (χ1) is 9.93. The van der Waals surface area contributed by atoms with Crippen molar-refractivity contribution in [3.8, 4) is 0 Å². The number of hydrogen-bond acceptors (Lipinski definition) is 5. The molecule has 1 aliphatic rings. The summed E-state index contributed by atoms with van der Waals surface area (Å²) >= 11 is 6.72. The summed E-state index contributed by atoms with van der Waals surface area (Å²) in [5, 5.41) is 10.6. The van der Waals surface area contributed by atoms with Gasteiger partial charge >= 0.3 is 0 Å². The summed E-state index contributed by atoms with van der Waals surface area (Å²) in [7, 11) is 0. The third kappa shape index (κ3) is 3.14. The second-order valence-corrected chi connectivity index (χ2v) is 5.44. The number of halogens is 1. The smallest absolute Gasteiger partial charge is 0.268 e. The number of carbonyl (C=O) groups is 2. The van der Waals surface area contributed by atoms with Gasteiger partial charge in [-0.2, -0.15) is 0 Å². The molecule has 0 radical (unpaired) electrons. The fourth-order valence-corrected chi connectivity index (χ4v) is 2.69. The Balaban J connectivity index is 2.38. The average Bonchev–Trinajstić information content (AvgIpc) is 2.69. The van der Waals surface area contributed by atoms with Gasteiger partial charge in [-0.25, -0.2) is 0 Å². The number of nitro groups is 1. The molecule has 108 valence electrons. The fourth-order valence-electron chi connectivity index (χ4n) is 1.68. The Bertz CT molecular complexity index is 687. The highest BCUT2D eigenvalue weighted by atomic mass is 35.5. The van der Waals surface area contributed by atoms with E-state index in [9.17, 15) is 19.7 Å². The molecule has 0 atom stereocenters. The lowest BCUT2D eigenvalue weighted by atomic mass is 10.2. The van der Waals surface area contributed by atoms with Gasteiger partial charge in [-0.1, -0.05) is 17.7 Å². The summed E-state index contributed by atoms with van der Waals surface area (Å²) in [6, 6.07) is 3.90. The number of benzene rings is 1. The van der Waals surface area contributed by atoms with Gasteiger partial charge in [-0.15, -0.1) is 6.58 Å². The van der Waals surface area contributed by atoms with Crippen LogP contribution in [0.1, 0.15) is 5.56 Å². The van der Waals surface area contributed by atoms with Crippen molar-refractivity contribution in [1.82, 2.24) is 4.90 Å². The van der Waals surface area contributed by atoms with Crippen molar-refractivity contribution in [3.63, 3.8) is 0 Å². The number of imide groups is 1. The molecule has 21 heavy (non-hydrogen) atoms. The van der Waals surface area contributed by atoms with E-state index in [0.717, 1.165) is 16.7 Å².